The summed E-state index contributed by atoms with van der Waals surface area (Å²) in [4.78, 5) is 0. The molecular formula is C11H11NO. The summed E-state index contributed by atoms with van der Waals surface area (Å²) in [6.07, 6.45) is 1.83. The van der Waals surface area contributed by atoms with Crippen molar-refractivity contribution in [3.63, 3.8) is 0 Å². The Bertz CT molecular complexity index is 367. The van der Waals surface area contributed by atoms with Crippen LogP contribution in [0, 0.1) is 11.3 Å². The lowest BCUT2D eigenvalue weighted by Gasteiger charge is -2.26. The Kier molecular flexibility index (Phi) is 1.82. The molecule has 0 aliphatic heterocycles. The van der Waals surface area contributed by atoms with Crippen LogP contribution in [0.2, 0.25) is 0 Å². The summed E-state index contributed by atoms with van der Waals surface area (Å²) in [5.41, 5.74) is 1.24. The topological polar surface area (TPSA) is 44.0 Å². The second kappa shape index (κ2) is 2.86. The zero-order chi connectivity index (χ0) is 9.31. The minimum atomic E-state index is -1.13. The number of aliphatic hydroxyl groups is 1. The van der Waals surface area contributed by atoms with Crippen molar-refractivity contribution in [2.45, 2.75) is 24.9 Å². The van der Waals surface area contributed by atoms with Gasteiger partial charge in [0.2, 0.25) is 0 Å². The van der Waals surface area contributed by atoms with Gasteiger partial charge in [0, 0.05) is 6.42 Å². The summed E-state index contributed by atoms with van der Waals surface area (Å²) in [5, 5.41) is 18.5. The van der Waals surface area contributed by atoms with Gasteiger partial charge in [-0.1, -0.05) is 24.3 Å². The van der Waals surface area contributed by atoms with Gasteiger partial charge in [0.15, 0.2) is 5.60 Å². The van der Waals surface area contributed by atoms with Crippen LogP contribution >= 0.6 is 0 Å². The molecule has 2 nitrogen and oxygen atoms in total. The average molecular weight is 173 g/mol. The maximum absolute atomic E-state index is 9.77. The van der Waals surface area contributed by atoms with Gasteiger partial charge in [-0.3, -0.25) is 0 Å². The first-order chi connectivity index (χ1) is 6.23. The second-order valence-electron chi connectivity index (χ2n) is 3.59. The van der Waals surface area contributed by atoms with E-state index >= 15 is 0 Å². The van der Waals surface area contributed by atoms with Gasteiger partial charge in [0.25, 0.3) is 0 Å². The summed E-state index contributed by atoms with van der Waals surface area (Å²) >= 11 is 0. The van der Waals surface area contributed by atoms with Crippen molar-refractivity contribution in [1.82, 2.24) is 0 Å². The van der Waals surface area contributed by atoms with Crippen LogP contribution in [-0.4, -0.2) is 10.7 Å². The molecule has 2 heteroatoms. The van der Waals surface area contributed by atoms with Crippen LogP contribution in [0.3, 0.4) is 0 Å². The third-order valence-corrected chi connectivity index (χ3v) is 2.62. The van der Waals surface area contributed by atoms with E-state index in [1.807, 2.05) is 24.3 Å². The summed E-state index contributed by atoms with van der Waals surface area (Å²) in [7, 11) is 0. The minimum absolute atomic E-state index is 0.472. The Hall–Kier alpha value is -1.33. The van der Waals surface area contributed by atoms with Crippen LogP contribution in [0.5, 0.6) is 0 Å². The van der Waals surface area contributed by atoms with Gasteiger partial charge < -0.3 is 5.11 Å². The highest BCUT2D eigenvalue weighted by molar-refractivity contribution is 5.33. The highest BCUT2D eigenvalue weighted by Crippen LogP contribution is 2.27. The quantitative estimate of drug-likeness (QED) is 0.603. The fourth-order valence-electron chi connectivity index (χ4n) is 1.81. The molecule has 0 saturated heterocycles. The first-order valence-electron chi connectivity index (χ1n) is 4.44. The van der Waals surface area contributed by atoms with Crippen molar-refractivity contribution in [3.05, 3.63) is 35.4 Å². The van der Waals surface area contributed by atoms with Crippen molar-refractivity contribution in [1.29, 1.82) is 5.26 Å². The van der Waals surface area contributed by atoms with Crippen LogP contribution in [0.1, 0.15) is 17.5 Å². The van der Waals surface area contributed by atoms with Crippen LogP contribution in [0.25, 0.3) is 0 Å². The molecule has 0 saturated carbocycles. The van der Waals surface area contributed by atoms with Crippen molar-refractivity contribution >= 4 is 0 Å². The van der Waals surface area contributed by atoms with Crippen LogP contribution in [-0.2, 0) is 12.8 Å². The number of benzene rings is 1. The Balaban J connectivity index is 2.36. The van der Waals surface area contributed by atoms with Crippen LogP contribution < -0.4 is 0 Å². The summed E-state index contributed by atoms with van der Waals surface area (Å²) in [6, 6.07) is 9.96. The predicted molar refractivity (Wildman–Crippen MR) is 49.0 cm³/mol. The highest BCUT2D eigenvalue weighted by Gasteiger charge is 2.31. The SMILES string of the molecule is N#C[C@@]1(O)CCc2ccccc2C1. The third kappa shape index (κ3) is 1.43. The van der Waals surface area contributed by atoms with Gasteiger partial charge >= 0.3 is 0 Å². The molecule has 0 spiro atoms. The number of nitrogens with zero attached hydrogens (tertiary/aromatic N) is 1. The third-order valence-electron chi connectivity index (χ3n) is 2.62. The van der Waals surface area contributed by atoms with E-state index in [0.717, 1.165) is 12.0 Å². The number of rotatable bonds is 0. The predicted octanol–water partition coefficient (Wildman–Crippen LogP) is 1.43. The molecule has 1 aliphatic rings. The molecule has 0 unspecified atom stereocenters. The van der Waals surface area contributed by atoms with E-state index in [9.17, 15) is 5.11 Å². The molecule has 1 aromatic rings. The van der Waals surface area contributed by atoms with Gasteiger partial charge in [0.1, 0.15) is 0 Å². The number of nitriles is 1. The molecule has 1 aliphatic carbocycles. The number of aryl methyl sites for hydroxylation is 1. The Labute approximate surface area is 77.4 Å². The standard InChI is InChI=1S/C11H11NO/c12-8-11(13)6-5-9-3-1-2-4-10(9)7-11/h1-4,13H,5-7H2/t11-/m1/s1. The molecule has 1 N–H and O–H groups in total. The smallest absolute Gasteiger partial charge is 0.155 e. The lowest BCUT2D eigenvalue weighted by atomic mass is 9.81. The maximum atomic E-state index is 9.77. The fourth-order valence-corrected chi connectivity index (χ4v) is 1.81. The molecule has 2 rings (SSSR count). The van der Waals surface area contributed by atoms with E-state index in [0.29, 0.717) is 12.8 Å². The van der Waals surface area contributed by atoms with Crippen molar-refractivity contribution < 1.29 is 5.11 Å². The lowest BCUT2D eigenvalue weighted by Crippen LogP contribution is -2.33. The van der Waals surface area contributed by atoms with Gasteiger partial charge in [-0.25, -0.2) is 0 Å². The van der Waals surface area contributed by atoms with E-state index in [1.54, 1.807) is 0 Å². The van der Waals surface area contributed by atoms with Gasteiger partial charge in [0.05, 0.1) is 6.07 Å². The normalized spacial score (nSPS) is 26.2. The van der Waals surface area contributed by atoms with E-state index in [2.05, 4.69) is 6.07 Å². The minimum Gasteiger partial charge on any atom is -0.375 e. The lowest BCUT2D eigenvalue weighted by molar-refractivity contribution is 0.0840. The fraction of sp³-hybridized carbons (Fsp3) is 0.364. The summed E-state index contributed by atoms with van der Waals surface area (Å²) in [5.74, 6) is 0. The second-order valence-corrected chi connectivity index (χ2v) is 3.59. The Morgan fingerprint density at radius 3 is 2.69 bits per heavy atom. The molecule has 0 heterocycles. The van der Waals surface area contributed by atoms with E-state index in [4.69, 9.17) is 5.26 Å². The summed E-state index contributed by atoms with van der Waals surface area (Å²) < 4.78 is 0. The number of hydrogen-bond acceptors (Lipinski definition) is 2. The molecule has 0 radical (unpaired) electrons. The zero-order valence-electron chi connectivity index (χ0n) is 7.33. The van der Waals surface area contributed by atoms with Crippen molar-refractivity contribution in [2.75, 3.05) is 0 Å². The number of fused-ring (bicyclic) bond motifs is 1. The molecule has 66 valence electrons. The zero-order valence-corrected chi connectivity index (χ0v) is 7.33. The van der Waals surface area contributed by atoms with Crippen LogP contribution in [0.4, 0.5) is 0 Å². The van der Waals surface area contributed by atoms with Gasteiger partial charge in [-0.05, 0) is 24.0 Å². The van der Waals surface area contributed by atoms with E-state index in [-0.39, 0.29) is 0 Å². The molecular weight excluding hydrogens is 162 g/mol. The molecule has 0 fully saturated rings. The maximum Gasteiger partial charge on any atom is 0.155 e. The van der Waals surface area contributed by atoms with E-state index in [1.165, 1.54) is 5.56 Å². The van der Waals surface area contributed by atoms with E-state index < -0.39 is 5.60 Å². The largest absolute Gasteiger partial charge is 0.375 e. The molecule has 1 aromatic carbocycles. The Morgan fingerprint density at radius 1 is 1.31 bits per heavy atom. The molecule has 13 heavy (non-hydrogen) atoms. The average Bonchev–Trinajstić information content (AvgIpc) is 2.18. The Morgan fingerprint density at radius 2 is 2.00 bits per heavy atom. The monoisotopic (exact) mass is 173 g/mol. The molecule has 1 atom stereocenters. The summed E-state index contributed by atoms with van der Waals surface area (Å²) in [6.45, 7) is 0. The first-order valence-corrected chi connectivity index (χ1v) is 4.44. The van der Waals surface area contributed by atoms with Crippen molar-refractivity contribution in [2.24, 2.45) is 0 Å². The number of hydrogen-bond donors (Lipinski definition) is 1. The molecule has 0 aromatic heterocycles. The molecule has 0 amide bonds. The van der Waals surface area contributed by atoms with Gasteiger partial charge in [-0.15, -0.1) is 0 Å². The first kappa shape index (κ1) is 8.28. The molecule has 0 bridgehead atoms. The van der Waals surface area contributed by atoms with Crippen molar-refractivity contribution in [3.8, 4) is 6.07 Å². The van der Waals surface area contributed by atoms with Gasteiger partial charge in [-0.2, -0.15) is 5.26 Å². The highest BCUT2D eigenvalue weighted by atomic mass is 16.3. The van der Waals surface area contributed by atoms with Crippen LogP contribution in [0.15, 0.2) is 24.3 Å².